The van der Waals surface area contributed by atoms with Crippen LogP contribution in [0.2, 0.25) is 0 Å². The van der Waals surface area contributed by atoms with Crippen LogP contribution in [0.1, 0.15) is 36.3 Å². The molecule has 4 rings (SSSR count). The lowest BCUT2D eigenvalue weighted by molar-refractivity contribution is -0.111. The molecule has 0 aliphatic carbocycles. The van der Waals surface area contributed by atoms with Crippen LogP contribution in [0.4, 0.5) is 10.1 Å². The topological polar surface area (TPSA) is 137 Å². The van der Waals surface area contributed by atoms with Crippen molar-refractivity contribution in [2.24, 2.45) is 16.6 Å². The highest BCUT2D eigenvalue weighted by Gasteiger charge is 2.62. The highest BCUT2D eigenvalue weighted by molar-refractivity contribution is 7.88. The van der Waals surface area contributed by atoms with E-state index in [0.29, 0.717) is 5.69 Å². The van der Waals surface area contributed by atoms with E-state index in [1.807, 2.05) is 0 Å². The zero-order valence-corrected chi connectivity index (χ0v) is 18.5. The number of benzene rings is 1. The third-order valence-electron chi connectivity index (χ3n) is 6.34. The van der Waals surface area contributed by atoms with E-state index >= 15 is 0 Å². The molecule has 2 unspecified atom stereocenters. The van der Waals surface area contributed by atoms with Gasteiger partial charge in [-0.2, -0.15) is 0 Å². The summed E-state index contributed by atoms with van der Waals surface area (Å²) in [6, 6.07) is 4.04. The molecule has 5 atom stereocenters. The summed E-state index contributed by atoms with van der Waals surface area (Å²) in [6.45, 7) is 3.30. The standard InChI is InChI=1S/C21H22FN5O4S/c1-20(16-6-11(10-28)21(2,32(16)30)19(23)27-20)13-7-12(4-5-14(13)22)26-18(29)15-8-25-17(31-3)9-24-15/h4-5,7-11,16H,6H2,1-3H3,(H2,23,27)(H,26,29)/t11?,16-,20+,21+,32?/m0/s1. The predicted octanol–water partition coefficient (Wildman–Crippen LogP) is 1.56. The van der Waals surface area contributed by atoms with Crippen LogP contribution in [0.25, 0.3) is 0 Å². The van der Waals surface area contributed by atoms with E-state index in [2.05, 4.69) is 20.3 Å². The number of aromatic nitrogens is 2. The van der Waals surface area contributed by atoms with Gasteiger partial charge in [-0.25, -0.2) is 14.4 Å². The first-order chi connectivity index (χ1) is 15.1. The second-order valence-electron chi connectivity index (χ2n) is 8.11. The number of fused-ring (bicyclic) bond motifs is 2. The summed E-state index contributed by atoms with van der Waals surface area (Å²) in [5.41, 5.74) is 5.37. The van der Waals surface area contributed by atoms with E-state index in [9.17, 15) is 18.2 Å². The van der Waals surface area contributed by atoms with E-state index in [4.69, 9.17) is 10.5 Å². The van der Waals surface area contributed by atoms with Gasteiger partial charge in [0.2, 0.25) is 5.88 Å². The van der Waals surface area contributed by atoms with Crippen LogP contribution in [0, 0.1) is 11.7 Å². The first-order valence-electron chi connectivity index (χ1n) is 9.84. The van der Waals surface area contributed by atoms with Crippen molar-refractivity contribution in [3.63, 3.8) is 0 Å². The molecule has 32 heavy (non-hydrogen) atoms. The Labute approximate surface area is 186 Å². The number of rotatable bonds is 5. The van der Waals surface area contributed by atoms with Gasteiger partial charge in [0.05, 0.1) is 24.8 Å². The van der Waals surface area contributed by atoms with Gasteiger partial charge in [0.15, 0.2) is 0 Å². The summed E-state index contributed by atoms with van der Waals surface area (Å²) >= 11 is 0. The van der Waals surface area contributed by atoms with E-state index in [1.165, 1.54) is 37.7 Å². The highest BCUT2D eigenvalue weighted by atomic mass is 32.2. The number of nitrogens with one attached hydrogen (secondary N) is 1. The van der Waals surface area contributed by atoms with E-state index in [-0.39, 0.29) is 29.4 Å². The third-order valence-corrected chi connectivity index (χ3v) is 8.86. The van der Waals surface area contributed by atoms with Crippen LogP contribution >= 0.6 is 0 Å². The fourth-order valence-corrected chi connectivity index (χ4v) is 6.57. The fraction of sp³-hybridized carbons (Fsp3) is 0.381. The van der Waals surface area contributed by atoms with Crippen LogP contribution in [-0.4, -0.2) is 49.3 Å². The van der Waals surface area contributed by atoms with Crippen molar-refractivity contribution in [1.29, 1.82) is 0 Å². The minimum atomic E-state index is -1.54. The number of hydrogen-bond donors (Lipinski definition) is 2. The Kier molecular flexibility index (Phi) is 5.32. The molecule has 0 spiro atoms. The smallest absolute Gasteiger partial charge is 0.275 e. The molecule has 2 aliphatic rings. The Balaban J connectivity index is 1.69. The van der Waals surface area contributed by atoms with Crippen molar-refractivity contribution in [3.05, 3.63) is 47.7 Å². The first-order valence-corrected chi connectivity index (χ1v) is 11.1. The monoisotopic (exact) mass is 459 g/mol. The number of aldehydes is 1. The number of carbonyl (C=O) groups excluding carboxylic acids is 2. The molecule has 11 heteroatoms. The Hall–Kier alpha value is -3.21. The quantitative estimate of drug-likeness (QED) is 0.648. The fourth-order valence-electron chi connectivity index (χ4n) is 4.30. The molecule has 0 radical (unpaired) electrons. The van der Waals surface area contributed by atoms with Crippen molar-refractivity contribution in [2.75, 3.05) is 12.4 Å². The molecule has 3 N–H and O–H groups in total. The summed E-state index contributed by atoms with van der Waals surface area (Å²) in [5, 5.41) is 2.04. The minimum Gasteiger partial charge on any atom is -0.480 e. The van der Waals surface area contributed by atoms with Crippen molar-refractivity contribution >= 4 is 34.5 Å². The van der Waals surface area contributed by atoms with Gasteiger partial charge in [0, 0.05) is 28.0 Å². The molecule has 1 aromatic heterocycles. The second-order valence-corrected chi connectivity index (χ2v) is 10.1. The molecule has 1 saturated heterocycles. The van der Waals surface area contributed by atoms with Crippen LogP contribution in [0.3, 0.4) is 0 Å². The van der Waals surface area contributed by atoms with Crippen molar-refractivity contribution < 1.29 is 22.9 Å². The second kappa shape index (κ2) is 7.73. The van der Waals surface area contributed by atoms with Gasteiger partial charge in [-0.3, -0.25) is 14.0 Å². The number of halogens is 1. The minimum absolute atomic E-state index is 0.0457. The molecule has 1 aromatic carbocycles. The molecule has 168 valence electrons. The van der Waals surface area contributed by atoms with Crippen LogP contribution in [0.5, 0.6) is 5.88 Å². The van der Waals surface area contributed by atoms with Gasteiger partial charge in [-0.15, -0.1) is 0 Å². The van der Waals surface area contributed by atoms with Crippen LogP contribution in [0.15, 0.2) is 35.6 Å². The van der Waals surface area contributed by atoms with Crippen molar-refractivity contribution in [2.45, 2.75) is 35.8 Å². The summed E-state index contributed by atoms with van der Waals surface area (Å²) in [7, 11) is -0.111. The molecule has 2 aliphatic heterocycles. The van der Waals surface area contributed by atoms with E-state index in [0.717, 1.165) is 6.29 Å². The molecule has 1 fully saturated rings. The SMILES string of the molecule is COc1cnc(C(=O)Nc2ccc(F)c([C@@]3(C)N=C(N)[C@@]4(C)C(C=O)C[C@@H]3S4=O)c2)cn1. The Morgan fingerprint density at radius 3 is 2.72 bits per heavy atom. The molecule has 2 bridgehead atoms. The number of amides is 1. The molecule has 9 nitrogen and oxygen atoms in total. The summed E-state index contributed by atoms with van der Waals surface area (Å²) in [4.78, 5) is 36.6. The number of aliphatic imine (C=N–C) groups is 1. The van der Waals surface area contributed by atoms with Crippen LogP contribution in [-0.2, 0) is 21.1 Å². The molecule has 2 aromatic rings. The Bertz CT molecular complexity index is 1160. The van der Waals surface area contributed by atoms with Gasteiger partial charge in [0.1, 0.15) is 33.9 Å². The zero-order chi connectivity index (χ0) is 23.3. The number of anilines is 1. The summed E-state index contributed by atoms with van der Waals surface area (Å²) in [5.74, 6) is -1.38. The molecular formula is C21H22FN5O4S. The zero-order valence-electron chi connectivity index (χ0n) is 17.7. The summed E-state index contributed by atoms with van der Waals surface area (Å²) < 4.78 is 32.1. The number of ether oxygens (including phenoxy) is 1. The van der Waals surface area contributed by atoms with Crippen molar-refractivity contribution in [1.82, 2.24) is 9.97 Å². The molecule has 0 saturated carbocycles. The lowest BCUT2D eigenvalue weighted by Gasteiger charge is -2.39. The summed E-state index contributed by atoms with van der Waals surface area (Å²) in [6.07, 6.45) is 3.58. The maximum atomic E-state index is 15.0. The number of nitrogens with zero attached hydrogens (tertiary/aromatic N) is 3. The van der Waals surface area contributed by atoms with Gasteiger partial charge < -0.3 is 20.6 Å². The number of hydrogen-bond acceptors (Lipinski definition) is 8. The highest BCUT2D eigenvalue weighted by Crippen LogP contribution is 2.51. The van der Waals surface area contributed by atoms with Gasteiger partial charge in [0.25, 0.3) is 5.91 Å². The number of amidine groups is 1. The molecule has 1 amide bonds. The molecular weight excluding hydrogens is 437 g/mol. The van der Waals surface area contributed by atoms with E-state index in [1.54, 1.807) is 13.8 Å². The average molecular weight is 460 g/mol. The third kappa shape index (κ3) is 3.19. The normalized spacial score (nSPS) is 31.0. The van der Waals surface area contributed by atoms with Crippen LogP contribution < -0.4 is 15.8 Å². The number of nitrogens with two attached hydrogens (primary N) is 1. The van der Waals surface area contributed by atoms with Gasteiger partial charge in [-0.1, -0.05) is 0 Å². The Morgan fingerprint density at radius 2 is 2.09 bits per heavy atom. The molecule has 3 heterocycles. The Morgan fingerprint density at radius 1 is 1.34 bits per heavy atom. The van der Waals surface area contributed by atoms with E-state index < -0.39 is 44.0 Å². The maximum absolute atomic E-state index is 15.0. The first kappa shape index (κ1) is 22.0. The van der Waals surface area contributed by atoms with Gasteiger partial charge in [-0.05, 0) is 38.5 Å². The largest absolute Gasteiger partial charge is 0.480 e. The predicted molar refractivity (Wildman–Crippen MR) is 116 cm³/mol. The number of carbonyl (C=O) groups is 2. The lowest BCUT2D eigenvalue weighted by atomic mass is 9.84. The lowest BCUT2D eigenvalue weighted by Crippen LogP contribution is -2.55. The maximum Gasteiger partial charge on any atom is 0.275 e. The average Bonchev–Trinajstić information content (AvgIpc) is 3.01. The number of methoxy groups -OCH3 is 1. The van der Waals surface area contributed by atoms with Gasteiger partial charge >= 0.3 is 0 Å². The van der Waals surface area contributed by atoms with Crippen molar-refractivity contribution in [3.8, 4) is 5.88 Å².